The Morgan fingerprint density at radius 1 is 1.19 bits per heavy atom. The second-order valence-corrected chi connectivity index (χ2v) is 16.7. The van der Waals surface area contributed by atoms with Gasteiger partial charge in [-0.05, 0) is 85.5 Å². The molecule has 32 heavy (non-hydrogen) atoms. The first-order chi connectivity index (χ1) is 15.1. The number of carbonyl (C=O) groups is 1. The van der Waals surface area contributed by atoms with E-state index in [2.05, 4.69) is 46.9 Å². The number of aldehydes is 1. The lowest BCUT2D eigenvalue weighted by atomic mass is 9.73. The number of benzene rings is 1. The molecule has 0 aliphatic heterocycles. The second-order valence-electron chi connectivity index (χ2n) is 12.0. The predicted octanol–water partition coefficient (Wildman–Crippen LogP) is 6.96. The second kappa shape index (κ2) is 10.5. The van der Waals surface area contributed by atoms with Gasteiger partial charge in [0.05, 0.1) is 6.10 Å². The van der Waals surface area contributed by atoms with Crippen molar-refractivity contribution in [3.8, 4) is 0 Å². The monoisotopic (exact) mass is 458 g/mol. The zero-order valence-electron chi connectivity index (χ0n) is 21.3. The third-order valence-corrected chi connectivity index (χ3v) is 13.3. The molecule has 0 spiro atoms. The van der Waals surface area contributed by atoms with Gasteiger partial charge in [0.25, 0.3) is 0 Å². The summed E-state index contributed by atoms with van der Waals surface area (Å²) in [5, 5.41) is 11.2. The Morgan fingerprint density at radius 2 is 1.94 bits per heavy atom. The molecule has 0 amide bonds. The van der Waals surface area contributed by atoms with E-state index in [0.717, 1.165) is 50.4 Å². The SMILES string of the molecule is CCCCCC(CC[C@@H]1[C@H]2Cc3cccc(C=O)c3C[C@H]2C[C@H]1O)O[Si](C)(C)C(C)(C)C. The normalized spacial score (nSPS) is 26.5. The first-order valence-electron chi connectivity index (χ1n) is 13.0. The summed E-state index contributed by atoms with van der Waals surface area (Å²) in [6.07, 6.45) is 10.9. The fraction of sp³-hybridized carbons (Fsp3) is 0.750. The summed E-state index contributed by atoms with van der Waals surface area (Å²) in [7, 11) is -1.81. The topological polar surface area (TPSA) is 46.5 Å². The summed E-state index contributed by atoms with van der Waals surface area (Å²) in [5.74, 6) is 1.39. The molecule has 1 unspecified atom stereocenters. The van der Waals surface area contributed by atoms with E-state index in [1.165, 1.54) is 30.4 Å². The molecule has 1 N–H and O–H groups in total. The van der Waals surface area contributed by atoms with Crippen molar-refractivity contribution in [2.45, 2.75) is 116 Å². The van der Waals surface area contributed by atoms with Crippen molar-refractivity contribution in [2.75, 3.05) is 0 Å². The summed E-state index contributed by atoms with van der Waals surface area (Å²) >= 11 is 0. The van der Waals surface area contributed by atoms with E-state index in [4.69, 9.17) is 4.43 Å². The van der Waals surface area contributed by atoms with Crippen molar-refractivity contribution >= 4 is 14.6 Å². The Kier molecular flexibility index (Phi) is 8.44. The molecule has 2 aliphatic rings. The van der Waals surface area contributed by atoms with Crippen LogP contribution < -0.4 is 0 Å². The standard InChI is InChI=1S/C28H46O3Si/c1-7-8-9-13-23(31-32(5,6)28(2,3)4)14-15-24-26-16-20-11-10-12-21(19-29)25(20)17-22(26)18-27(24)30/h10-12,19,22-24,26-27,30H,7-9,13-18H2,1-6H3/t22-,23?,24+,26-,27+/m0/s1. The van der Waals surface area contributed by atoms with Gasteiger partial charge in [0, 0.05) is 11.7 Å². The maximum atomic E-state index is 11.5. The minimum atomic E-state index is -1.81. The van der Waals surface area contributed by atoms with E-state index in [9.17, 15) is 9.90 Å². The van der Waals surface area contributed by atoms with Crippen molar-refractivity contribution in [3.05, 3.63) is 34.9 Å². The first kappa shape index (κ1) is 25.6. The third kappa shape index (κ3) is 5.74. The molecule has 0 bridgehead atoms. The van der Waals surface area contributed by atoms with Gasteiger partial charge in [-0.2, -0.15) is 0 Å². The molecule has 1 aromatic rings. The van der Waals surface area contributed by atoms with Gasteiger partial charge in [-0.15, -0.1) is 0 Å². The number of unbranched alkanes of at least 4 members (excludes halogenated alkanes) is 2. The number of hydrogen-bond acceptors (Lipinski definition) is 3. The van der Waals surface area contributed by atoms with E-state index in [-0.39, 0.29) is 11.1 Å². The van der Waals surface area contributed by atoms with Crippen molar-refractivity contribution in [3.63, 3.8) is 0 Å². The average Bonchev–Trinajstić information content (AvgIpc) is 3.02. The van der Waals surface area contributed by atoms with Crippen LogP contribution in [-0.4, -0.2) is 31.9 Å². The van der Waals surface area contributed by atoms with Gasteiger partial charge in [0.2, 0.25) is 0 Å². The molecule has 180 valence electrons. The van der Waals surface area contributed by atoms with Gasteiger partial charge in [-0.1, -0.05) is 65.2 Å². The molecule has 1 fully saturated rings. The van der Waals surface area contributed by atoms with Crippen LogP contribution in [0.25, 0.3) is 0 Å². The van der Waals surface area contributed by atoms with Gasteiger partial charge in [-0.3, -0.25) is 4.79 Å². The Bertz CT molecular complexity index is 766. The average molecular weight is 459 g/mol. The lowest BCUT2D eigenvalue weighted by Crippen LogP contribution is -2.44. The quantitative estimate of drug-likeness (QED) is 0.234. The minimum absolute atomic E-state index is 0.219. The number of hydrogen-bond donors (Lipinski definition) is 1. The fourth-order valence-corrected chi connectivity index (χ4v) is 7.25. The van der Waals surface area contributed by atoms with E-state index in [1.54, 1.807) is 0 Å². The molecule has 2 aliphatic carbocycles. The van der Waals surface area contributed by atoms with E-state index in [0.29, 0.717) is 23.9 Å². The van der Waals surface area contributed by atoms with Gasteiger partial charge < -0.3 is 9.53 Å². The Hall–Kier alpha value is -0.973. The molecule has 3 nitrogen and oxygen atoms in total. The highest BCUT2D eigenvalue weighted by molar-refractivity contribution is 6.74. The molecule has 1 saturated carbocycles. The molecule has 0 aromatic heterocycles. The van der Waals surface area contributed by atoms with E-state index < -0.39 is 8.32 Å². The van der Waals surface area contributed by atoms with Crippen LogP contribution in [0.2, 0.25) is 18.1 Å². The fourth-order valence-electron chi connectivity index (χ4n) is 5.83. The molecule has 1 aromatic carbocycles. The predicted molar refractivity (Wildman–Crippen MR) is 136 cm³/mol. The van der Waals surface area contributed by atoms with Crippen LogP contribution >= 0.6 is 0 Å². The van der Waals surface area contributed by atoms with Gasteiger partial charge in [-0.25, -0.2) is 0 Å². The highest BCUT2D eigenvalue weighted by atomic mass is 28.4. The van der Waals surface area contributed by atoms with Crippen LogP contribution in [0.5, 0.6) is 0 Å². The van der Waals surface area contributed by atoms with Crippen LogP contribution in [0, 0.1) is 17.8 Å². The van der Waals surface area contributed by atoms with Crippen LogP contribution in [0.3, 0.4) is 0 Å². The number of aliphatic hydroxyl groups is 1. The Morgan fingerprint density at radius 3 is 2.59 bits per heavy atom. The summed E-state index contributed by atoms with van der Waals surface area (Å²) in [5.41, 5.74) is 3.40. The zero-order chi connectivity index (χ0) is 23.5. The number of rotatable bonds is 10. The lowest BCUT2D eigenvalue weighted by Gasteiger charge is -2.40. The lowest BCUT2D eigenvalue weighted by molar-refractivity contribution is 0.0897. The number of fused-ring (bicyclic) bond motifs is 2. The first-order valence-corrected chi connectivity index (χ1v) is 15.9. The maximum Gasteiger partial charge on any atom is 0.192 e. The molecule has 0 heterocycles. The summed E-state index contributed by atoms with van der Waals surface area (Å²) < 4.78 is 6.88. The summed E-state index contributed by atoms with van der Waals surface area (Å²) in [6, 6.07) is 6.14. The van der Waals surface area contributed by atoms with Crippen molar-refractivity contribution < 1.29 is 14.3 Å². The third-order valence-electron chi connectivity index (χ3n) is 8.77. The zero-order valence-corrected chi connectivity index (χ0v) is 22.3. The van der Waals surface area contributed by atoms with Gasteiger partial charge >= 0.3 is 0 Å². The van der Waals surface area contributed by atoms with Crippen LogP contribution in [0.15, 0.2) is 18.2 Å². The van der Waals surface area contributed by atoms with Crippen molar-refractivity contribution in [1.29, 1.82) is 0 Å². The van der Waals surface area contributed by atoms with Crippen molar-refractivity contribution in [2.24, 2.45) is 17.8 Å². The number of aliphatic hydroxyl groups excluding tert-OH is 1. The van der Waals surface area contributed by atoms with Crippen LogP contribution in [0.1, 0.15) is 94.1 Å². The van der Waals surface area contributed by atoms with Gasteiger partial charge in [0.1, 0.15) is 6.29 Å². The minimum Gasteiger partial charge on any atom is -0.414 e. The molecular formula is C28H46O3Si. The van der Waals surface area contributed by atoms with Crippen molar-refractivity contribution in [1.82, 2.24) is 0 Å². The smallest absolute Gasteiger partial charge is 0.192 e. The highest BCUT2D eigenvalue weighted by Gasteiger charge is 2.45. The summed E-state index contributed by atoms with van der Waals surface area (Å²) in [6.45, 7) is 13.9. The molecule has 5 atom stereocenters. The molecular weight excluding hydrogens is 412 g/mol. The highest BCUT2D eigenvalue weighted by Crippen LogP contribution is 2.48. The van der Waals surface area contributed by atoms with Crippen LogP contribution in [-0.2, 0) is 17.3 Å². The van der Waals surface area contributed by atoms with Gasteiger partial charge in [0.15, 0.2) is 8.32 Å². The molecule has 3 rings (SSSR count). The largest absolute Gasteiger partial charge is 0.414 e. The molecule has 0 radical (unpaired) electrons. The Balaban J connectivity index is 1.69. The van der Waals surface area contributed by atoms with E-state index >= 15 is 0 Å². The summed E-state index contributed by atoms with van der Waals surface area (Å²) in [4.78, 5) is 11.5. The maximum absolute atomic E-state index is 11.5. The van der Waals surface area contributed by atoms with Crippen LogP contribution in [0.4, 0.5) is 0 Å². The number of carbonyl (C=O) groups excluding carboxylic acids is 1. The molecule has 4 heteroatoms. The molecule has 0 saturated heterocycles. The Labute approximate surface area is 197 Å². The van der Waals surface area contributed by atoms with E-state index in [1.807, 2.05) is 12.1 Å².